The number of amides is 2. The Hall–Kier alpha value is -2.58. The van der Waals surface area contributed by atoms with Crippen LogP contribution in [0.4, 0.5) is 10.5 Å². The van der Waals surface area contributed by atoms with Gasteiger partial charge in [-0.25, -0.2) is 4.79 Å². The number of aromatic nitrogens is 2. The van der Waals surface area contributed by atoms with E-state index in [1.807, 2.05) is 48.7 Å². The molecule has 2 aliphatic heterocycles. The van der Waals surface area contributed by atoms with E-state index in [0.717, 1.165) is 35.5 Å². The number of anilines is 1. The van der Waals surface area contributed by atoms with Gasteiger partial charge < -0.3 is 19.9 Å². The molecule has 0 aliphatic carbocycles. The quantitative estimate of drug-likeness (QED) is 0.613. The first-order valence-electron chi connectivity index (χ1n) is 12.5. The fourth-order valence-electron chi connectivity index (χ4n) is 5.11. The van der Waals surface area contributed by atoms with Crippen LogP contribution in [-0.2, 0) is 16.1 Å². The standard InChI is InChI=1S/C26H37N5O3.ClH/c1-18(2)34-26(33)28-24-14-19(3)31(20(4)32)25-9-8-21(15-23(24)25)22-16-27-30(17-22)13-12-29-10-6-5-7-11-29;/h8-9,15-19,24H,5-7,10-14H2,1-4H3,(H,28,33);1H/t19-,24+;/m1./s1. The van der Waals surface area contributed by atoms with Gasteiger partial charge >= 0.3 is 6.09 Å². The number of alkyl carbamates (subject to hydrolysis) is 1. The lowest BCUT2D eigenvalue weighted by Crippen LogP contribution is -2.45. The highest BCUT2D eigenvalue weighted by Crippen LogP contribution is 2.39. The van der Waals surface area contributed by atoms with Gasteiger partial charge in [0.25, 0.3) is 0 Å². The minimum atomic E-state index is -0.439. The lowest BCUT2D eigenvalue weighted by molar-refractivity contribution is -0.117. The predicted molar refractivity (Wildman–Crippen MR) is 140 cm³/mol. The molecule has 2 amide bonds. The molecule has 35 heavy (non-hydrogen) atoms. The summed E-state index contributed by atoms with van der Waals surface area (Å²) in [7, 11) is 0. The fraction of sp³-hybridized carbons (Fsp3) is 0.577. The monoisotopic (exact) mass is 503 g/mol. The molecule has 0 spiro atoms. The Morgan fingerprint density at radius 1 is 1.14 bits per heavy atom. The number of ether oxygens (including phenoxy) is 1. The summed E-state index contributed by atoms with van der Waals surface area (Å²) >= 11 is 0. The summed E-state index contributed by atoms with van der Waals surface area (Å²) in [4.78, 5) is 29.1. The van der Waals surface area contributed by atoms with E-state index >= 15 is 0 Å². The SMILES string of the molecule is CC(=O)N1c2ccc(-c3cnn(CCN4CCCCC4)c3)cc2[C@@H](NC(=O)OC(C)C)C[C@H]1C.Cl. The number of hydrogen-bond donors (Lipinski definition) is 1. The summed E-state index contributed by atoms with van der Waals surface area (Å²) in [5.74, 6) is -0.00441. The zero-order chi connectivity index (χ0) is 24.2. The molecule has 2 aliphatic rings. The maximum Gasteiger partial charge on any atom is 0.407 e. The van der Waals surface area contributed by atoms with Crippen LogP contribution in [0.1, 0.15) is 65.0 Å². The van der Waals surface area contributed by atoms with Crippen molar-refractivity contribution in [2.45, 2.75) is 78.1 Å². The molecule has 192 valence electrons. The van der Waals surface area contributed by atoms with Crippen molar-refractivity contribution in [1.82, 2.24) is 20.0 Å². The number of carbonyl (C=O) groups is 2. The second-order valence-corrected chi connectivity index (χ2v) is 9.79. The van der Waals surface area contributed by atoms with Crippen molar-refractivity contribution in [3.63, 3.8) is 0 Å². The molecule has 9 heteroatoms. The summed E-state index contributed by atoms with van der Waals surface area (Å²) in [5.41, 5.74) is 3.80. The van der Waals surface area contributed by atoms with E-state index in [1.165, 1.54) is 32.4 Å². The Morgan fingerprint density at radius 3 is 2.57 bits per heavy atom. The maximum atomic E-state index is 12.4. The van der Waals surface area contributed by atoms with Crippen LogP contribution >= 0.6 is 12.4 Å². The van der Waals surface area contributed by atoms with Crippen LogP contribution in [0.15, 0.2) is 30.6 Å². The number of rotatable bonds is 6. The van der Waals surface area contributed by atoms with Gasteiger partial charge in [-0.2, -0.15) is 5.10 Å². The molecule has 0 unspecified atom stereocenters. The summed E-state index contributed by atoms with van der Waals surface area (Å²) < 4.78 is 7.33. The largest absolute Gasteiger partial charge is 0.447 e. The molecule has 0 bridgehead atoms. The number of hydrogen-bond acceptors (Lipinski definition) is 5. The molecule has 2 atom stereocenters. The van der Waals surface area contributed by atoms with Gasteiger partial charge in [-0.3, -0.25) is 9.48 Å². The van der Waals surface area contributed by atoms with E-state index in [9.17, 15) is 9.59 Å². The van der Waals surface area contributed by atoms with Gasteiger partial charge in [0.15, 0.2) is 0 Å². The molecule has 1 saturated heterocycles. The number of nitrogens with zero attached hydrogens (tertiary/aromatic N) is 4. The average Bonchev–Trinajstić information content (AvgIpc) is 3.26. The van der Waals surface area contributed by atoms with Gasteiger partial charge in [0.2, 0.25) is 5.91 Å². The minimum absolute atomic E-state index is 0. The minimum Gasteiger partial charge on any atom is -0.447 e. The molecule has 0 saturated carbocycles. The average molecular weight is 504 g/mol. The molecular weight excluding hydrogens is 466 g/mol. The van der Waals surface area contributed by atoms with E-state index in [1.54, 1.807) is 6.92 Å². The molecule has 1 fully saturated rings. The van der Waals surface area contributed by atoms with Crippen molar-refractivity contribution in [3.8, 4) is 11.1 Å². The van der Waals surface area contributed by atoms with Crippen LogP contribution < -0.4 is 10.2 Å². The van der Waals surface area contributed by atoms with Crippen molar-refractivity contribution < 1.29 is 14.3 Å². The van der Waals surface area contributed by atoms with Crippen molar-refractivity contribution >= 4 is 30.1 Å². The van der Waals surface area contributed by atoms with Crippen LogP contribution in [0.25, 0.3) is 11.1 Å². The number of fused-ring (bicyclic) bond motifs is 1. The summed E-state index contributed by atoms with van der Waals surface area (Å²) in [6.45, 7) is 11.5. The van der Waals surface area contributed by atoms with Crippen molar-refractivity contribution in [3.05, 3.63) is 36.2 Å². The van der Waals surface area contributed by atoms with Gasteiger partial charge in [0, 0.05) is 37.0 Å². The van der Waals surface area contributed by atoms with Crippen LogP contribution in [-0.4, -0.2) is 58.5 Å². The van der Waals surface area contributed by atoms with Crippen LogP contribution in [0, 0.1) is 0 Å². The highest BCUT2D eigenvalue weighted by molar-refractivity contribution is 5.94. The van der Waals surface area contributed by atoms with Gasteiger partial charge in [-0.1, -0.05) is 12.5 Å². The number of piperidine rings is 1. The highest BCUT2D eigenvalue weighted by Gasteiger charge is 2.34. The molecule has 2 aromatic rings. The number of nitrogens with one attached hydrogen (secondary N) is 1. The Balaban J connectivity index is 0.00000342. The predicted octanol–water partition coefficient (Wildman–Crippen LogP) is 4.78. The summed E-state index contributed by atoms with van der Waals surface area (Å²) in [6, 6.07) is 5.82. The van der Waals surface area contributed by atoms with Gasteiger partial charge in [0.1, 0.15) is 0 Å². The van der Waals surface area contributed by atoms with E-state index < -0.39 is 6.09 Å². The Morgan fingerprint density at radius 2 is 1.89 bits per heavy atom. The zero-order valence-corrected chi connectivity index (χ0v) is 22.0. The van der Waals surface area contributed by atoms with E-state index in [0.29, 0.717) is 6.42 Å². The third kappa shape index (κ3) is 6.55. The van der Waals surface area contributed by atoms with Gasteiger partial charge in [-0.05, 0) is 76.4 Å². The molecule has 1 aromatic heterocycles. The first kappa shape index (κ1) is 27.0. The lowest BCUT2D eigenvalue weighted by atomic mass is 9.89. The Kier molecular flexibility index (Phi) is 9.19. The van der Waals surface area contributed by atoms with Crippen molar-refractivity contribution in [1.29, 1.82) is 0 Å². The van der Waals surface area contributed by atoms with E-state index in [2.05, 4.69) is 27.6 Å². The molecule has 4 rings (SSSR count). The Labute approximate surface area is 214 Å². The molecular formula is C26H38ClN5O3. The molecule has 8 nitrogen and oxygen atoms in total. The van der Waals surface area contributed by atoms with E-state index in [-0.39, 0.29) is 36.5 Å². The van der Waals surface area contributed by atoms with Crippen LogP contribution in [0.3, 0.4) is 0 Å². The van der Waals surface area contributed by atoms with Gasteiger partial charge in [-0.15, -0.1) is 12.4 Å². The first-order chi connectivity index (χ1) is 16.3. The summed E-state index contributed by atoms with van der Waals surface area (Å²) in [6.07, 6.45) is 7.87. The van der Waals surface area contributed by atoms with Gasteiger partial charge in [0.05, 0.1) is 24.9 Å². The van der Waals surface area contributed by atoms with Crippen LogP contribution in [0.2, 0.25) is 0 Å². The second-order valence-electron chi connectivity index (χ2n) is 9.79. The van der Waals surface area contributed by atoms with Crippen molar-refractivity contribution in [2.24, 2.45) is 0 Å². The normalized spacial score (nSPS) is 20.2. The third-order valence-corrected chi connectivity index (χ3v) is 6.71. The summed E-state index contributed by atoms with van der Waals surface area (Å²) in [5, 5.41) is 7.59. The first-order valence-corrected chi connectivity index (χ1v) is 12.5. The molecule has 1 aromatic carbocycles. The number of likely N-dealkylation sites (tertiary alicyclic amines) is 1. The topological polar surface area (TPSA) is 79.7 Å². The molecule has 1 N–H and O–H groups in total. The maximum absolute atomic E-state index is 12.4. The van der Waals surface area contributed by atoms with E-state index in [4.69, 9.17) is 4.74 Å². The smallest absolute Gasteiger partial charge is 0.407 e. The number of benzene rings is 1. The third-order valence-electron chi connectivity index (χ3n) is 6.71. The lowest BCUT2D eigenvalue weighted by Gasteiger charge is -2.39. The highest BCUT2D eigenvalue weighted by atomic mass is 35.5. The van der Waals surface area contributed by atoms with Crippen molar-refractivity contribution in [2.75, 3.05) is 24.5 Å². The second kappa shape index (κ2) is 11.9. The zero-order valence-electron chi connectivity index (χ0n) is 21.2. The number of halogens is 1. The fourth-order valence-corrected chi connectivity index (χ4v) is 5.11. The Bertz CT molecular complexity index is 1020. The molecule has 0 radical (unpaired) electrons. The molecule has 3 heterocycles. The van der Waals surface area contributed by atoms with Crippen LogP contribution in [0.5, 0.6) is 0 Å². The number of carbonyl (C=O) groups excluding carboxylic acids is 2.